The van der Waals surface area contributed by atoms with Gasteiger partial charge < -0.3 is 14.1 Å². The van der Waals surface area contributed by atoms with E-state index in [2.05, 4.69) is 29.7 Å². The average Bonchev–Trinajstić information content (AvgIpc) is 2.58. The zero-order chi connectivity index (χ0) is 16.2. The van der Waals surface area contributed by atoms with E-state index in [1.165, 1.54) is 0 Å². The van der Waals surface area contributed by atoms with Crippen LogP contribution in [0.15, 0.2) is 33.5 Å². The van der Waals surface area contributed by atoms with Gasteiger partial charge in [0, 0.05) is 49.9 Å². The molecule has 1 saturated heterocycles. The molecule has 0 N–H and O–H groups in total. The molecule has 1 aromatic heterocycles. The summed E-state index contributed by atoms with van der Waals surface area (Å²) in [4.78, 5) is 16.8. The fraction of sp³-hybridized carbons (Fsp3) is 0.500. The molecule has 1 aliphatic rings. The third-order valence-electron chi connectivity index (χ3n) is 4.42. The highest BCUT2D eigenvalue weighted by Crippen LogP contribution is 2.22. The molecule has 5 nitrogen and oxygen atoms in total. The number of benzene rings is 1. The quantitative estimate of drug-likeness (QED) is 0.793. The lowest BCUT2D eigenvalue weighted by atomic mass is 10.1. The van der Waals surface area contributed by atoms with E-state index in [1.54, 1.807) is 0 Å². The largest absolute Gasteiger partial charge is 0.422 e. The summed E-state index contributed by atoms with van der Waals surface area (Å²) in [6.45, 7) is 9.90. The molecular weight excluding hydrogens is 292 g/mol. The molecular formula is C18H24N2O3. The fourth-order valence-electron chi connectivity index (χ4n) is 3.04. The van der Waals surface area contributed by atoms with Crippen LogP contribution in [0.4, 0.5) is 5.69 Å². The molecule has 124 valence electrons. The van der Waals surface area contributed by atoms with E-state index in [4.69, 9.17) is 9.15 Å². The molecule has 23 heavy (non-hydrogen) atoms. The van der Waals surface area contributed by atoms with Crippen LogP contribution in [0.5, 0.6) is 0 Å². The second-order valence-corrected chi connectivity index (χ2v) is 5.84. The maximum atomic E-state index is 12.3. The Labute approximate surface area is 136 Å². The Morgan fingerprint density at radius 3 is 2.57 bits per heavy atom. The summed E-state index contributed by atoms with van der Waals surface area (Å²) in [6, 6.07) is 8.05. The van der Waals surface area contributed by atoms with Crippen molar-refractivity contribution in [3.63, 3.8) is 0 Å². The minimum absolute atomic E-state index is 0.235. The molecule has 0 amide bonds. The Balaban J connectivity index is 1.89. The lowest BCUT2D eigenvalue weighted by Gasteiger charge is -2.26. The zero-order valence-electron chi connectivity index (χ0n) is 13.9. The van der Waals surface area contributed by atoms with E-state index in [0.717, 1.165) is 56.0 Å². The first kappa shape index (κ1) is 16.0. The molecule has 2 heterocycles. The molecule has 1 fully saturated rings. The fourth-order valence-corrected chi connectivity index (χ4v) is 3.04. The topological polar surface area (TPSA) is 45.9 Å². The van der Waals surface area contributed by atoms with Crippen molar-refractivity contribution in [2.24, 2.45) is 0 Å². The van der Waals surface area contributed by atoms with Gasteiger partial charge in [0.2, 0.25) is 0 Å². The second-order valence-electron chi connectivity index (χ2n) is 5.84. The van der Waals surface area contributed by atoms with Crippen LogP contribution in [0.25, 0.3) is 11.0 Å². The number of nitrogens with zero attached hydrogens (tertiary/aromatic N) is 2. The highest BCUT2D eigenvalue weighted by Gasteiger charge is 2.14. The number of fused-ring (bicyclic) bond motifs is 1. The number of rotatable bonds is 5. The van der Waals surface area contributed by atoms with Gasteiger partial charge >= 0.3 is 5.63 Å². The van der Waals surface area contributed by atoms with Crippen LogP contribution in [-0.4, -0.2) is 44.3 Å². The third-order valence-corrected chi connectivity index (χ3v) is 4.42. The van der Waals surface area contributed by atoms with Gasteiger partial charge in [0.1, 0.15) is 5.58 Å². The summed E-state index contributed by atoms with van der Waals surface area (Å²) in [6.07, 6.45) is 0. The standard InChI is InChI=1S/C18H24N2O3/c1-3-20(4-2)16-6-5-14-11-15(18(21)23-17(14)12-16)13-19-7-9-22-10-8-19/h5-6,11-12H,3-4,7-10,13H2,1-2H3. The van der Waals surface area contributed by atoms with Crippen LogP contribution in [0, 0.1) is 0 Å². The van der Waals surface area contributed by atoms with Gasteiger partial charge in [-0.15, -0.1) is 0 Å². The number of morpholine rings is 1. The second kappa shape index (κ2) is 7.15. The molecule has 1 aromatic carbocycles. The molecule has 5 heteroatoms. The average molecular weight is 316 g/mol. The van der Waals surface area contributed by atoms with Crippen molar-refractivity contribution in [1.29, 1.82) is 0 Å². The molecule has 0 atom stereocenters. The van der Waals surface area contributed by atoms with E-state index in [1.807, 2.05) is 18.2 Å². The Morgan fingerprint density at radius 2 is 1.87 bits per heavy atom. The molecule has 1 aliphatic heterocycles. The summed E-state index contributed by atoms with van der Waals surface area (Å²) in [5.74, 6) is 0. The molecule has 0 saturated carbocycles. The Morgan fingerprint density at radius 1 is 1.13 bits per heavy atom. The van der Waals surface area contributed by atoms with Gasteiger partial charge in [-0.2, -0.15) is 0 Å². The first-order valence-corrected chi connectivity index (χ1v) is 8.33. The van der Waals surface area contributed by atoms with Crippen LogP contribution in [0.3, 0.4) is 0 Å². The van der Waals surface area contributed by atoms with Crippen molar-refractivity contribution < 1.29 is 9.15 Å². The Kier molecular flexibility index (Phi) is 4.98. The monoisotopic (exact) mass is 316 g/mol. The number of anilines is 1. The number of hydrogen-bond donors (Lipinski definition) is 0. The molecule has 0 bridgehead atoms. The van der Waals surface area contributed by atoms with Gasteiger partial charge in [-0.25, -0.2) is 4.79 Å². The maximum absolute atomic E-state index is 12.3. The van der Waals surface area contributed by atoms with Crippen LogP contribution < -0.4 is 10.5 Å². The molecule has 3 rings (SSSR count). The minimum atomic E-state index is -0.235. The van der Waals surface area contributed by atoms with Crippen molar-refractivity contribution in [2.75, 3.05) is 44.3 Å². The van der Waals surface area contributed by atoms with Crippen LogP contribution in [0.1, 0.15) is 19.4 Å². The predicted molar refractivity (Wildman–Crippen MR) is 92.1 cm³/mol. The van der Waals surface area contributed by atoms with Crippen molar-refractivity contribution in [2.45, 2.75) is 20.4 Å². The van der Waals surface area contributed by atoms with Crippen molar-refractivity contribution in [3.05, 3.63) is 40.2 Å². The van der Waals surface area contributed by atoms with Crippen LogP contribution in [-0.2, 0) is 11.3 Å². The highest BCUT2D eigenvalue weighted by molar-refractivity contribution is 5.81. The van der Waals surface area contributed by atoms with E-state index in [0.29, 0.717) is 12.1 Å². The van der Waals surface area contributed by atoms with Gasteiger partial charge in [-0.3, -0.25) is 4.90 Å². The van der Waals surface area contributed by atoms with Gasteiger partial charge in [-0.05, 0) is 32.0 Å². The van der Waals surface area contributed by atoms with E-state index in [-0.39, 0.29) is 5.63 Å². The first-order valence-electron chi connectivity index (χ1n) is 8.33. The predicted octanol–water partition coefficient (Wildman–Crippen LogP) is 2.47. The zero-order valence-corrected chi connectivity index (χ0v) is 13.9. The van der Waals surface area contributed by atoms with Gasteiger partial charge in [0.25, 0.3) is 0 Å². The summed E-state index contributed by atoms with van der Waals surface area (Å²) in [5, 5.41) is 0.976. The maximum Gasteiger partial charge on any atom is 0.340 e. The van der Waals surface area contributed by atoms with Crippen molar-refractivity contribution >= 4 is 16.7 Å². The number of hydrogen-bond acceptors (Lipinski definition) is 5. The Bertz CT molecular complexity index is 716. The molecule has 2 aromatic rings. The SMILES string of the molecule is CCN(CC)c1ccc2cc(CN3CCOCC3)c(=O)oc2c1. The van der Waals surface area contributed by atoms with E-state index >= 15 is 0 Å². The smallest absolute Gasteiger partial charge is 0.340 e. The molecule has 0 unspecified atom stereocenters. The normalized spacial score (nSPS) is 15.9. The number of ether oxygens (including phenoxy) is 1. The lowest BCUT2D eigenvalue weighted by Crippen LogP contribution is -2.36. The summed E-state index contributed by atoms with van der Waals surface area (Å²) < 4.78 is 10.9. The summed E-state index contributed by atoms with van der Waals surface area (Å²) >= 11 is 0. The summed E-state index contributed by atoms with van der Waals surface area (Å²) in [7, 11) is 0. The van der Waals surface area contributed by atoms with Gasteiger partial charge in [0.15, 0.2) is 0 Å². The van der Waals surface area contributed by atoms with Crippen molar-refractivity contribution in [3.8, 4) is 0 Å². The highest BCUT2D eigenvalue weighted by atomic mass is 16.5. The van der Waals surface area contributed by atoms with Crippen LogP contribution in [0.2, 0.25) is 0 Å². The molecule has 0 aliphatic carbocycles. The van der Waals surface area contributed by atoms with E-state index < -0.39 is 0 Å². The lowest BCUT2D eigenvalue weighted by molar-refractivity contribution is 0.0338. The molecule has 0 radical (unpaired) electrons. The van der Waals surface area contributed by atoms with Gasteiger partial charge in [-0.1, -0.05) is 0 Å². The first-order chi connectivity index (χ1) is 11.2. The van der Waals surface area contributed by atoms with Gasteiger partial charge in [0.05, 0.1) is 18.8 Å². The van der Waals surface area contributed by atoms with Crippen molar-refractivity contribution in [1.82, 2.24) is 4.90 Å². The summed E-state index contributed by atoms with van der Waals surface area (Å²) in [5.41, 5.74) is 2.23. The van der Waals surface area contributed by atoms with E-state index in [9.17, 15) is 4.79 Å². The third kappa shape index (κ3) is 3.57. The minimum Gasteiger partial charge on any atom is -0.422 e. The Hall–Kier alpha value is -1.85. The van der Waals surface area contributed by atoms with Crippen LogP contribution >= 0.6 is 0 Å². The molecule has 0 spiro atoms.